The number of hydrogen-bond donors (Lipinski definition) is 2. The Kier molecular flexibility index (Phi) is 8.91. The van der Waals surface area contributed by atoms with Crippen molar-refractivity contribution >= 4 is 5.96 Å². The highest BCUT2D eigenvalue weighted by Gasteiger charge is 2.32. The molecule has 1 aliphatic rings. The van der Waals surface area contributed by atoms with Crippen molar-refractivity contribution in [2.75, 3.05) is 39.3 Å². The van der Waals surface area contributed by atoms with Crippen LogP contribution in [0.5, 0.6) is 0 Å². The number of nitrogens with one attached hydrogen (secondary N) is 2. The highest BCUT2D eigenvalue weighted by molar-refractivity contribution is 5.79. The smallest absolute Gasteiger partial charge is 0.357 e. The standard InChI is InChI=1S/C20H31F3N4/c1-2-24-19(25-12-8-17-6-4-3-5-7-17)26-13-9-18-10-14-27(15-11-18)16-20(21,22)23/h3-7,18H,2,8-16H2,1H3,(H2,24,25,26). The van der Waals surface area contributed by atoms with Gasteiger partial charge in [0.25, 0.3) is 0 Å². The third kappa shape index (κ3) is 9.13. The van der Waals surface area contributed by atoms with Crippen LogP contribution >= 0.6 is 0 Å². The number of rotatable bonds is 8. The maximum atomic E-state index is 12.4. The molecule has 1 aliphatic heterocycles. The van der Waals surface area contributed by atoms with Crippen LogP contribution in [0.3, 0.4) is 0 Å². The zero-order chi connectivity index (χ0) is 19.5. The lowest BCUT2D eigenvalue weighted by atomic mass is 9.93. The Morgan fingerprint density at radius 1 is 1.15 bits per heavy atom. The van der Waals surface area contributed by atoms with Gasteiger partial charge in [-0.3, -0.25) is 9.89 Å². The Hall–Kier alpha value is -1.76. The van der Waals surface area contributed by atoms with E-state index in [0.717, 1.165) is 44.7 Å². The first-order valence-corrected chi connectivity index (χ1v) is 9.81. The molecular weight excluding hydrogens is 353 g/mol. The van der Waals surface area contributed by atoms with Crippen LogP contribution < -0.4 is 10.6 Å². The van der Waals surface area contributed by atoms with Crippen molar-refractivity contribution in [1.82, 2.24) is 15.5 Å². The summed E-state index contributed by atoms with van der Waals surface area (Å²) in [7, 11) is 0. The second-order valence-electron chi connectivity index (χ2n) is 7.05. The van der Waals surface area contributed by atoms with Gasteiger partial charge in [0, 0.05) is 19.6 Å². The van der Waals surface area contributed by atoms with E-state index in [9.17, 15) is 13.2 Å². The lowest BCUT2D eigenvalue weighted by Crippen LogP contribution is -2.40. The van der Waals surface area contributed by atoms with Crippen LogP contribution in [0.15, 0.2) is 35.3 Å². The molecule has 2 N–H and O–H groups in total. The summed E-state index contributed by atoms with van der Waals surface area (Å²) in [6.45, 7) is 4.62. The fourth-order valence-electron chi connectivity index (χ4n) is 3.36. The SMILES string of the molecule is CCNC(=NCCC1CCN(CC(F)(F)F)CC1)NCCc1ccccc1. The quantitative estimate of drug-likeness (QED) is 0.533. The van der Waals surface area contributed by atoms with Crippen molar-refractivity contribution in [2.45, 2.75) is 38.8 Å². The molecule has 1 fully saturated rings. The van der Waals surface area contributed by atoms with Gasteiger partial charge in [0.1, 0.15) is 0 Å². The van der Waals surface area contributed by atoms with E-state index in [4.69, 9.17) is 0 Å². The molecule has 0 unspecified atom stereocenters. The summed E-state index contributed by atoms with van der Waals surface area (Å²) in [5, 5.41) is 6.59. The minimum Gasteiger partial charge on any atom is -0.357 e. The van der Waals surface area contributed by atoms with Gasteiger partial charge in [-0.25, -0.2) is 0 Å². The van der Waals surface area contributed by atoms with Gasteiger partial charge in [0.05, 0.1) is 6.54 Å². The van der Waals surface area contributed by atoms with E-state index in [1.807, 2.05) is 25.1 Å². The van der Waals surface area contributed by atoms with E-state index in [2.05, 4.69) is 27.8 Å². The predicted octanol–water partition coefficient (Wildman–Crippen LogP) is 3.45. The molecule has 1 aromatic carbocycles. The van der Waals surface area contributed by atoms with Crippen LogP contribution in [0, 0.1) is 5.92 Å². The fourth-order valence-corrected chi connectivity index (χ4v) is 3.36. The summed E-state index contributed by atoms with van der Waals surface area (Å²) in [6.07, 6.45) is -0.589. The summed E-state index contributed by atoms with van der Waals surface area (Å²) >= 11 is 0. The molecule has 1 heterocycles. The van der Waals surface area contributed by atoms with Crippen LogP contribution in [-0.4, -0.2) is 56.3 Å². The van der Waals surface area contributed by atoms with Crippen molar-refractivity contribution in [3.8, 4) is 0 Å². The van der Waals surface area contributed by atoms with E-state index in [-0.39, 0.29) is 0 Å². The fraction of sp³-hybridized carbons (Fsp3) is 0.650. The first kappa shape index (κ1) is 21.5. The van der Waals surface area contributed by atoms with E-state index in [0.29, 0.717) is 25.6 Å². The topological polar surface area (TPSA) is 39.7 Å². The number of alkyl halides is 3. The van der Waals surface area contributed by atoms with E-state index >= 15 is 0 Å². The van der Waals surface area contributed by atoms with Crippen molar-refractivity contribution in [3.63, 3.8) is 0 Å². The van der Waals surface area contributed by atoms with Gasteiger partial charge in [-0.2, -0.15) is 13.2 Å². The maximum absolute atomic E-state index is 12.4. The lowest BCUT2D eigenvalue weighted by molar-refractivity contribution is -0.148. The Balaban J connectivity index is 1.67. The molecule has 1 saturated heterocycles. The number of likely N-dealkylation sites (tertiary alicyclic amines) is 1. The summed E-state index contributed by atoms with van der Waals surface area (Å²) in [6, 6.07) is 10.3. The predicted molar refractivity (Wildman–Crippen MR) is 104 cm³/mol. The molecule has 0 aliphatic carbocycles. The van der Waals surface area contributed by atoms with Crippen LogP contribution in [-0.2, 0) is 6.42 Å². The number of halogens is 3. The minimum atomic E-state index is -4.09. The van der Waals surface area contributed by atoms with Crippen LogP contribution in [0.1, 0.15) is 31.7 Å². The van der Waals surface area contributed by atoms with Gasteiger partial charge < -0.3 is 10.6 Å². The Labute approximate surface area is 160 Å². The van der Waals surface area contributed by atoms with Crippen molar-refractivity contribution < 1.29 is 13.2 Å². The third-order valence-corrected chi connectivity index (χ3v) is 4.81. The van der Waals surface area contributed by atoms with Gasteiger partial charge in [-0.1, -0.05) is 30.3 Å². The molecule has 0 aromatic heterocycles. The van der Waals surface area contributed by atoms with E-state index in [1.165, 1.54) is 10.5 Å². The van der Waals surface area contributed by atoms with Gasteiger partial charge in [0.2, 0.25) is 0 Å². The molecule has 0 saturated carbocycles. The summed E-state index contributed by atoms with van der Waals surface area (Å²) in [5.74, 6) is 1.27. The number of guanidine groups is 1. The zero-order valence-electron chi connectivity index (χ0n) is 16.1. The number of benzene rings is 1. The molecule has 152 valence electrons. The zero-order valence-corrected chi connectivity index (χ0v) is 16.1. The van der Waals surface area contributed by atoms with Gasteiger partial charge >= 0.3 is 6.18 Å². The first-order chi connectivity index (χ1) is 13.0. The van der Waals surface area contributed by atoms with E-state index < -0.39 is 12.7 Å². The number of nitrogens with zero attached hydrogens (tertiary/aromatic N) is 2. The largest absolute Gasteiger partial charge is 0.401 e. The molecule has 27 heavy (non-hydrogen) atoms. The van der Waals surface area contributed by atoms with Crippen LogP contribution in [0.25, 0.3) is 0 Å². The molecule has 4 nitrogen and oxygen atoms in total. The third-order valence-electron chi connectivity index (χ3n) is 4.81. The minimum absolute atomic E-state index is 0.463. The summed E-state index contributed by atoms with van der Waals surface area (Å²) < 4.78 is 37.3. The Morgan fingerprint density at radius 3 is 2.48 bits per heavy atom. The normalized spacial score (nSPS) is 17.1. The Bertz CT molecular complexity index is 552. The van der Waals surface area contributed by atoms with Crippen molar-refractivity contribution in [2.24, 2.45) is 10.9 Å². The van der Waals surface area contributed by atoms with Gasteiger partial charge in [-0.05, 0) is 57.2 Å². The first-order valence-electron chi connectivity index (χ1n) is 9.81. The summed E-state index contributed by atoms with van der Waals surface area (Å²) in [5.41, 5.74) is 1.28. The van der Waals surface area contributed by atoms with Gasteiger partial charge in [0.15, 0.2) is 5.96 Å². The molecule has 0 spiro atoms. The van der Waals surface area contributed by atoms with Crippen LogP contribution in [0.4, 0.5) is 13.2 Å². The Morgan fingerprint density at radius 2 is 1.85 bits per heavy atom. The van der Waals surface area contributed by atoms with Crippen molar-refractivity contribution in [1.29, 1.82) is 0 Å². The average Bonchev–Trinajstić information content (AvgIpc) is 2.63. The molecule has 0 radical (unpaired) electrons. The summed E-state index contributed by atoms with van der Waals surface area (Å²) in [4.78, 5) is 6.13. The van der Waals surface area contributed by atoms with E-state index in [1.54, 1.807) is 0 Å². The number of piperidine rings is 1. The highest BCUT2D eigenvalue weighted by Crippen LogP contribution is 2.24. The maximum Gasteiger partial charge on any atom is 0.401 e. The second-order valence-corrected chi connectivity index (χ2v) is 7.05. The molecule has 1 aromatic rings. The molecule has 0 bridgehead atoms. The highest BCUT2D eigenvalue weighted by atomic mass is 19.4. The number of aliphatic imine (C=N–C) groups is 1. The average molecular weight is 384 g/mol. The molecule has 0 amide bonds. The lowest BCUT2D eigenvalue weighted by Gasteiger charge is -2.32. The molecule has 7 heteroatoms. The second kappa shape index (κ2) is 11.2. The number of hydrogen-bond acceptors (Lipinski definition) is 2. The van der Waals surface area contributed by atoms with Crippen molar-refractivity contribution in [3.05, 3.63) is 35.9 Å². The monoisotopic (exact) mass is 384 g/mol. The van der Waals surface area contributed by atoms with Gasteiger partial charge in [-0.15, -0.1) is 0 Å². The molecule has 2 rings (SSSR count). The van der Waals surface area contributed by atoms with Crippen LogP contribution in [0.2, 0.25) is 0 Å². The molecular formula is C20H31F3N4. The molecule has 0 atom stereocenters.